The summed E-state index contributed by atoms with van der Waals surface area (Å²) in [5, 5.41) is 0. The van der Waals surface area contributed by atoms with E-state index in [0.717, 1.165) is 6.42 Å². The van der Waals surface area contributed by atoms with Crippen molar-refractivity contribution in [3.05, 3.63) is 12.2 Å². The Morgan fingerprint density at radius 1 is 0.750 bits per heavy atom. The molecule has 0 heterocycles. The van der Waals surface area contributed by atoms with E-state index in [1.165, 1.54) is 77.0 Å². The van der Waals surface area contributed by atoms with Gasteiger partial charge in [-0.1, -0.05) is 83.8 Å². The van der Waals surface area contributed by atoms with Crippen LogP contribution >= 0.6 is 0 Å². The Morgan fingerprint density at radius 2 is 1.35 bits per heavy atom. The second-order valence-corrected chi connectivity index (χ2v) is 5.97. The van der Waals surface area contributed by atoms with Crippen LogP contribution in [0.15, 0.2) is 12.2 Å². The third-order valence-corrected chi connectivity index (χ3v) is 4.00. The average molecular weight is 283 g/mol. The van der Waals surface area contributed by atoms with Gasteiger partial charge < -0.3 is 4.74 Å². The third kappa shape index (κ3) is 14.1. The summed E-state index contributed by atoms with van der Waals surface area (Å²) in [6.45, 7) is 4.54. The van der Waals surface area contributed by atoms with Crippen LogP contribution in [0.2, 0.25) is 0 Å². The summed E-state index contributed by atoms with van der Waals surface area (Å²) in [4.78, 5) is 0. The Hall–Kier alpha value is -0.300. The minimum absolute atomic E-state index is 0.438. The molecule has 0 N–H and O–H groups in total. The fourth-order valence-electron chi connectivity index (χ4n) is 2.54. The summed E-state index contributed by atoms with van der Waals surface area (Å²) in [6, 6.07) is 0. The van der Waals surface area contributed by atoms with E-state index in [-0.39, 0.29) is 0 Å². The highest BCUT2D eigenvalue weighted by Crippen LogP contribution is 2.12. The summed E-state index contributed by atoms with van der Waals surface area (Å²) >= 11 is 0. The summed E-state index contributed by atoms with van der Waals surface area (Å²) in [5.74, 6) is 0. The molecular weight excluding hydrogens is 244 g/mol. The fraction of sp³-hybridized carbons (Fsp3) is 0.895. The second kappa shape index (κ2) is 16.8. The summed E-state index contributed by atoms with van der Waals surface area (Å²) < 4.78 is 5.55. The molecule has 0 amide bonds. The minimum atomic E-state index is 0.438. The van der Waals surface area contributed by atoms with E-state index < -0.39 is 0 Å². The molecule has 0 aromatic heterocycles. The van der Waals surface area contributed by atoms with Crippen LogP contribution in [0.3, 0.4) is 0 Å². The van der Waals surface area contributed by atoms with Gasteiger partial charge in [-0.05, 0) is 25.7 Å². The molecule has 20 heavy (non-hydrogen) atoms. The zero-order chi connectivity index (χ0) is 14.9. The molecule has 0 bridgehead atoms. The minimum Gasteiger partial charge on any atom is -0.381 e. The molecule has 120 valence electrons. The second-order valence-electron chi connectivity index (χ2n) is 5.97. The van der Waals surface area contributed by atoms with E-state index in [1.807, 2.05) is 7.11 Å². The van der Waals surface area contributed by atoms with Gasteiger partial charge >= 0.3 is 0 Å². The van der Waals surface area contributed by atoms with E-state index in [2.05, 4.69) is 26.0 Å². The van der Waals surface area contributed by atoms with Gasteiger partial charge in [-0.2, -0.15) is 0 Å². The van der Waals surface area contributed by atoms with Crippen molar-refractivity contribution in [1.82, 2.24) is 0 Å². The molecule has 0 fully saturated rings. The van der Waals surface area contributed by atoms with Crippen molar-refractivity contribution in [2.75, 3.05) is 7.11 Å². The first kappa shape index (κ1) is 19.7. The average Bonchev–Trinajstić information content (AvgIpc) is 2.47. The lowest BCUT2D eigenvalue weighted by Crippen LogP contribution is -2.08. The Morgan fingerprint density at radius 3 is 2.00 bits per heavy atom. The number of unbranched alkanes of at least 4 members (excludes halogenated alkanes) is 9. The molecule has 1 heteroatoms. The number of methoxy groups -OCH3 is 1. The first-order chi connectivity index (χ1) is 9.85. The van der Waals surface area contributed by atoms with Crippen molar-refractivity contribution in [2.45, 2.75) is 103 Å². The SMILES string of the molecule is CCCCCCCCC=CCC(CCCCCC)OC. The van der Waals surface area contributed by atoms with Crippen LogP contribution in [0.1, 0.15) is 97.3 Å². The number of ether oxygens (including phenoxy) is 1. The Kier molecular flexibility index (Phi) is 16.5. The standard InChI is InChI=1S/C19H38O/c1-4-6-8-10-11-12-13-14-16-18-19(20-3)17-15-9-7-5-2/h14,16,19H,4-13,15,17-18H2,1-3H3. The van der Waals surface area contributed by atoms with Gasteiger partial charge in [-0.15, -0.1) is 0 Å². The highest BCUT2D eigenvalue weighted by Gasteiger charge is 2.04. The molecule has 0 saturated carbocycles. The predicted octanol–water partition coefficient (Wildman–Crippen LogP) is 6.67. The fourth-order valence-corrected chi connectivity index (χ4v) is 2.54. The smallest absolute Gasteiger partial charge is 0.0605 e. The maximum Gasteiger partial charge on any atom is 0.0605 e. The van der Waals surface area contributed by atoms with E-state index in [1.54, 1.807) is 0 Å². The molecule has 1 unspecified atom stereocenters. The molecule has 0 aromatic rings. The van der Waals surface area contributed by atoms with Gasteiger partial charge in [0.05, 0.1) is 6.10 Å². The summed E-state index contributed by atoms with van der Waals surface area (Å²) in [6.07, 6.45) is 22.4. The van der Waals surface area contributed by atoms with Crippen molar-refractivity contribution in [3.8, 4) is 0 Å². The molecule has 1 nitrogen and oxygen atoms in total. The number of rotatable bonds is 15. The quantitative estimate of drug-likeness (QED) is 0.241. The molecule has 0 aliphatic rings. The molecule has 0 aliphatic heterocycles. The van der Waals surface area contributed by atoms with Gasteiger partial charge in [0.1, 0.15) is 0 Å². The van der Waals surface area contributed by atoms with Crippen LogP contribution < -0.4 is 0 Å². The highest BCUT2D eigenvalue weighted by molar-refractivity contribution is 4.84. The summed E-state index contributed by atoms with van der Waals surface area (Å²) in [7, 11) is 1.85. The van der Waals surface area contributed by atoms with Gasteiger partial charge in [0.15, 0.2) is 0 Å². The maximum atomic E-state index is 5.55. The van der Waals surface area contributed by atoms with Crippen molar-refractivity contribution in [2.24, 2.45) is 0 Å². The maximum absolute atomic E-state index is 5.55. The van der Waals surface area contributed by atoms with Crippen LogP contribution in [0.25, 0.3) is 0 Å². The van der Waals surface area contributed by atoms with Crippen LogP contribution in [-0.4, -0.2) is 13.2 Å². The van der Waals surface area contributed by atoms with Crippen LogP contribution in [0, 0.1) is 0 Å². The van der Waals surface area contributed by atoms with Crippen LogP contribution in [0.4, 0.5) is 0 Å². The third-order valence-electron chi connectivity index (χ3n) is 4.00. The van der Waals surface area contributed by atoms with Gasteiger partial charge in [-0.25, -0.2) is 0 Å². The van der Waals surface area contributed by atoms with Crippen molar-refractivity contribution in [1.29, 1.82) is 0 Å². The van der Waals surface area contributed by atoms with Gasteiger partial charge in [0.25, 0.3) is 0 Å². The van der Waals surface area contributed by atoms with Gasteiger partial charge in [0, 0.05) is 7.11 Å². The number of allylic oxidation sites excluding steroid dienone is 1. The topological polar surface area (TPSA) is 9.23 Å². The zero-order valence-electron chi connectivity index (χ0n) is 14.3. The van der Waals surface area contributed by atoms with Crippen molar-refractivity contribution in [3.63, 3.8) is 0 Å². The normalized spacial score (nSPS) is 13.2. The molecule has 1 atom stereocenters. The Labute approximate surface area is 128 Å². The molecule has 0 saturated heterocycles. The molecule has 0 spiro atoms. The van der Waals surface area contributed by atoms with E-state index in [0.29, 0.717) is 6.10 Å². The van der Waals surface area contributed by atoms with Crippen LogP contribution in [0.5, 0.6) is 0 Å². The lowest BCUT2D eigenvalue weighted by atomic mass is 10.1. The molecular formula is C19H38O. The van der Waals surface area contributed by atoms with E-state index in [9.17, 15) is 0 Å². The first-order valence-electron chi connectivity index (χ1n) is 9.02. The van der Waals surface area contributed by atoms with E-state index >= 15 is 0 Å². The molecule has 0 rings (SSSR count). The van der Waals surface area contributed by atoms with Crippen molar-refractivity contribution < 1.29 is 4.74 Å². The van der Waals surface area contributed by atoms with Crippen LogP contribution in [-0.2, 0) is 4.74 Å². The number of hydrogen-bond donors (Lipinski definition) is 0. The van der Waals surface area contributed by atoms with Gasteiger partial charge in [-0.3, -0.25) is 0 Å². The Bertz CT molecular complexity index is 198. The highest BCUT2D eigenvalue weighted by atomic mass is 16.5. The largest absolute Gasteiger partial charge is 0.381 e. The molecule has 0 radical (unpaired) electrons. The lowest BCUT2D eigenvalue weighted by Gasteiger charge is -2.12. The summed E-state index contributed by atoms with van der Waals surface area (Å²) in [5.41, 5.74) is 0. The molecule has 0 aromatic carbocycles. The predicted molar refractivity (Wildman–Crippen MR) is 91.3 cm³/mol. The Balaban J connectivity index is 3.40. The van der Waals surface area contributed by atoms with Gasteiger partial charge in [0.2, 0.25) is 0 Å². The number of hydrogen-bond acceptors (Lipinski definition) is 1. The van der Waals surface area contributed by atoms with E-state index in [4.69, 9.17) is 4.74 Å². The zero-order valence-corrected chi connectivity index (χ0v) is 14.3. The lowest BCUT2D eigenvalue weighted by molar-refractivity contribution is 0.0952. The van der Waals surface area contributed by atoms with Crippen molar-refractivity contribution >= 4 is 0 Å². The molecule has 0 aliphatic carbocycles. The first-order valence-corrected chi connectivity index (χ1v) is 9.02. The monoisotopic (exact) mass is 282 g/mol.